The highest BCUT2D eigenvalue weighted by molar-refractivity contribution is 6.33. The van der Waals surface area contributed by atoms with E-state index in [1.54, 1.807) is 4.68 Å². The van der Waals surface area contributed by atoms with Crippen LogP contribution in [0.4, 0.5) is 0 Å². The summed E-state index contributed by atoms with van der Waals surface area (Å²) in [5, 5.41) is 5.09. The Morgan fingerprint density at radius 2 is 1.85 bits per heavy atom. The van der Waals surface area contributed by atoms with Gasteiger partial charge in [-0.3, -0.25) is 9.69 Å². The highest BCUT2D eigenvalue weighted by Crippen LogP contribution is 2.24. The lowest BCUT2D eigenvalue weighted by molar-refractivity contribution is 0.0370. The molecule has 2 heterocycles. The van der Waals surface area contributed by atoms with Gasteiger partial charge in [0.2, 0.25) is 0 Å². The van der Waals surface area contributed by atoms with E-state index in [1.165, 1.54) is 0 Å². The molecule has 7 heteroatoms. The Kier molecular flexibility index (Phi) is 6.99. The molecule has 146 valence electrons. The van der Waals surface area contributed by atoms with Crippen LogP contribution in [0, 0.1) is 0 Å². The third-order valence-corrected chi connectivity index (χ3v) is 5.08. The van der Waals surface area contributed by atoms with E-state index in [4.69, 9.17) is 16.3 Å². The van der Waals surface area contributed by atoms with Crippen LogP contribution >= 0.6 is 11.6 Å². The van der Waals surface area contributed by atoms with Crippen LogP contribution < -0.4 is 5.56 Å². The van der Waals surface area contributed by atoms with Crippen molar-refractivity contribution in [1.29, 1.82) is 0 Å². The van der Waals surface area contributed by atoms with Crippen molar-refractivity contribution in [3.63, 3.8) is 0 Å². The molecular weight excluding hydrogens is 364 g/mol. The second-order valence-corrected chi connectivity index (χ2v) is 7.55. The van der Waals surface area contributed by atoms with Crippen molar-refractivity contribution in [2.24, 2.45) is 0 Å². The van der Waals surface area contributed by atoms with E-state index >= 15 is 0 Å². The number of unbranched alkanes of at least 4 members (excludes halogenated alkanes) is 1. The summed E-state index contributed by atoms with van der Waals surface area (Å²) in [4.78, 5) is 19.7. The van der Waals surface area contributed by atoms with Crippen LogP contribution in [0.2, 0.25) is 5.02 Å². The van der Waals surface area contributed by atoms with Crippen LogP contribution in [-0.4, -0.2) is 52.5 Å². The van der Waals surface area contributed by atoms with E-state index in [0.717, 1.165) is 51.3 Å². The van der Waals surface area contributed by atoms with Gasteiger partial charge >= 0.3 is 0 Å². The molecule has 0 atom stereocenters. The van der Waals surface area contributed by atoms with Gasteiger partial charge in [-0.2, -0.15) is 0 Å². The molecule has 1 aliphatic heterocycles. The minimum atomic E-state index is -0.104. The fourth-order valence-corrected chi connectivity index (χ4v) is 3.40. The average molecular weight is 391 g/mol. The summed E-state index contributed by atoms with van der Waals surface area (Å²) in [5.74, 6) is 0.540. The molecule has 0 unspecified atom stereocenters. The van der Waals surface area contributed by atoms with E-state index in [1.807, 2.05) is 38.1 Å². The molecule has 0 aliphatic carbocycles. The Hall–Kier alpha value is -1.76. The number of aryl methyl sites for hydroxylation is 1. The zero-order valence-electron chi connectivity index (χ0n) is 16.0. The van der Waals surface area contributed by atoms with Gasteiger partial charge in [0.25, 0.3) is 5.56 Å². The Balaban J connectivity index is 1.75. The quantitative estimate of drug-likeness (QED) is 0.679. The number of hydrogen-bond donors (Lipinski definition) is 0. The molecule has 1 aliphatic rings. The molecular formula is C20H27ClN4O2. The van der Waals surface area contributed by atoms with Gasteiger partial charge in [-0.15, -0.1) is 5.10 Å². The third-order valence-electron chi connectivity index (χ3n) is 4.75. The fourth-order valence-electron chi connectivity index (χ4n) is 3.18. The van der Waals surface area contributed by atoms with Crippen molar-refractivity contribution in [1.82, 2.24) is 19.7 Å². The van der Waals surface area contributed by atoms with E-state index in [0.29, 0.717) is 23.1 Å². The SMILES string of the molecule is CC(C)c1nc(-c2ccccc2Cl)nn(CCCCN2CCOCC2)c1=O. The van der Waals surface area contributed by atoms with Gasteiger partial charge in [-0.1, -0.05) is 37.6 Å². The molecule has 3 rings (SSSR count). The molecule has 1 aromatic heterocycles. The number of rotatable bonds is 7. The Bertz CT molecular complexity index is 816. The molecule has 1 fully saturated rings. The summed E-state index contributed by atoms with van der Waals surface area (Å²) in [6, 6.07) is 7.47. The summed E-state index contributed by atoms with van der Waals surface area (Å²) in [6.07, 6.45) is 1.92. The van der Waals surface area contributed by atoms with Crippen molar-refractivity contribution in [2.45, 2.75) is 39.2 Å². The second kappa shape index (κ2) is 9.44. The topological polar surface area (TPSA) is 60.3 Å². The van der Waals surface area contributed by atoms with Crippen molar-refractivity contribution >= 4 is 11.6 Å². The molecule has 0 spiro atoms. The fraction of sp³-hybridized carbons (Fsp3) is 0.550. The summed E-state index contributed by atoms with van der Waals surface area (Å²) in [5.41, 5.74) is 1.18. The summed E-state index contributed by atoms with van der Waals surface area (Å²) in [6.45, 7) is 9.16. The largest absolute Gasteiger partial charge is 0.379 e. The minimum absolute atomic E-state index is 0.0290. The first-order valence-corrected chi connectivity index (χ1v) is 9.98. The maximum absolute atomic E-state index is 12.8. The highest BCUT2D eigenvalue weighted by Gasteiger charge is 2.16. The van der Waals surface area contributed by atoms with Gasteiger partial charge in [-0.05, 0) is 31.5 Å². The van der Waals surface area contributed by atoms with Gasteiger partial charge in [-0.25, -0.2) is 9.67 Å². The van der Waals surface area contributed by atoms with Crippen molar-refractivity contribution < 1.29 is 4.74 Å². The lowest BCUT2D eigenvalue weighted by Gasteiger charge is -2.26. The second-order valence-electron chi connectivity index (χ2n) is 7.14. The predicted octanol–water partition coefficient (Wildman–Crippen LogP) is 3.19. The zero-order chi connectivity index (χ0) is 19.2. The normalized spacial score (nSPS) is 15.4. The van der Waals surface area contributed by atoms with E-state index in [-0.39, 0.29) is 11.5 Å². The minimum Gasteiger partial charge on any atom is -0.379 e. The first kappa shape index (κ1) is 20.0. The number of halogens is 1. The molecule has 0 saturated carbocycles. The zero-order valence-corrected chi connectivity index (χ0v) is 16.8. The molecule has 2 aromatic rings. The summed E-state index contributed by atoms with van der Waals surface area (Å²) in [7, 11) is 0. The van der Waals surface area contributed by atoms with Crippen molar-refractivity contribution in [3.8, 4) is 11.4 Å². The molecule has 27 heavy (non-hydrogen) atoms. The molecule has 6 nitrogen and oxygen atoms in total. The van der Waals surface area contributed by atoms with Crippen LogP contribution in [0.1, 0.15) is 38.3 Å². The number of morpholine rings is 1. The van der Waals surface area contributed by atoms with Gasteiger partial charge in [0, 0.05) is 31.1 Å². The molecule has 0 amide bonds. The lowest BCUT2D eigenvalue weighted by Crippen LogP contribution is -2.37. The van der Waals surface area contributed by atoms with Crippen molar-refractivity contribution in [3.05, 3.63) is 45.3 Å². The van der Waals surface area contributed by atoms with Gasteiger partial charge in [0.05, 0.1) is 18.2 Å². The molecule has 0 radical (unpaired) electrons. The summed E-state index contributed by atoms with van der Waals surface area (Å²) < 4.78 is 6.93. The number of aromatic nitrogens is 3. The number of nitrogens with zero attached hydrogens (tertiary/aromatic N) is 4. The maximum Gasteiger partial charge on any atom is 0.288 e. The maximum atomic E-state index is 12.8. The highest BCUT2D eigenvalue weighted by atomic mass is 35.5. The molecule has 0 bridgehead atoms. The van der Waals surface area contributed by atoms with Gasteiger partial charge in [0.1, 0.15) is 5.69 Å². The molecule has 1 aromatic carbocycles. The van der Waals surface area contributed by atoms with Gasteiger partial charge < -0.3 is 4.74 Å². The Labute approximate surface area is 165 Å². The van der Waals surface area contributed by atoms with Crippen LogP contribution in [0.3, 0.4) is 0 Å². The number of benzene rings is 1. The Morgan fingerprint density at radius 1 is 1.15 bits per heavy atom. The van der Waals surface area contributed by atoms with Gasteiger partial charge in [0.15, 0.2) is 5.82 Å². The van der Waals surface area contributed by atoms with E-state index < -0.39 is 0 Å². The summed E-state index contributed by atoms with van der Waals surface area (Å²) >= 11 is 6.31. The van der Waals surface area contributed by atoms with Crippen molar-refractivity contribution in [2.75, 3.05) is 32.8 Å². The third kappa shape index (κ3) is 5.15. The first-order valence-electron chi connectivity index (χ1n) is 9.60. The van der Waals surface area contributed by atoms with E-state index in [2.05, 4.69) is 15.0 Å². The van der Waals surface area contributed by atoms with Crippen LogP contribution in [0.5, 0.6) is 0 Å². The molecule has 1 saturated heterocycles. The monoisotopic (exact) mass is 390 g/mol. The molecule has 0 N–H and O–H groups in total. The predicted molar refractivity (Wildman–Crippen MR) is 107 cm³/mol. The number of hydrogen-bond acceptors (Lipinski definition) is 5. The van der Waals surface area contributed by atoms with Crippen LogP contribution in [-0.2, 0) is 11.3 Å². The van der Waals surface area contributed by atoms with Crippen LogP contribution in [0.15, 0.2) is 29.1 Å². The smallest absolute Gasteiger partial charge is 0.288 e. The Morgan fingerprint density at radius 3 is 2.56 bits per heavy atom. The number of ether oxygens (including phenoxy) is 1. The lowest BCUT2D eigenvalue weighted by atomic mass is 10.1. The van der Waals surface area contributed by atoms with Crippen LogP contribution in [0.25, 0.3) is 11.4 Å². The average Bonchev–Trinajstić information content (AvgIpc) is 2.67. The first-order chi connectivity index (χ1) is 13.1. The standard InChI is InChI=1S/C20H27ClN4O2/c1-15(2)18-20(26)25(10-6-5-9-24-11-13-27-14-12-24)23-19(22-18)16-7-3-4-8-17(16)21/h3-4,7-8,15H,5-6,9-14H2,1-2H3. The van der Waals surface area contributed by atoms with E-state index in [9.17, 15) is 4.79 Å².